The molecule has 8 rings (SSSR count). The minimum absolute atomic E-state index is 0.490. The van der Waals surface area contributed by atoms with Crippen molar-refractivity contribution in [2.75, 3.05) is 11.4 Å². The van der Waals surface area contributed by atoms with Gasteiger partial charge in [0.1, 0.15) is 16.9 Å². The molecule has 5 heteroatoms. The number of nitrogens with zero attached hydrogens (tertiary/aromatic N) is 2. The van der Waals surface area contributed by atoms with E-state index in [2.05, 4.69) is 113 Å². The molecule has 4 nitrogen and oxygen atoms in total. The van der Waals surface area contributed by atoms with Crippen LogP contribution in [0.1, 0.15) is 24.0 Å². The SMILES string of the molecule is COc1ccccc1-c1ccc(C2=CS(N(c3cccc(C4=CCCC=C4)c3)c3ccc4c(c3)oc3ccccc34)=N2)cc1. The first-order chi connectivity index (χ1) is 21.7. The highest BCUT2D eigenvalue weighted by atomic mass is 32.2. The van der Waals surface area contributed by atoms with Gasteiger partial charge in [0.05, 0.1) is 24.2 Å². The van der Waals surface area contributed by atoms with Gasteiger partial charge in [-0.2, -0.15) is 0 Å². The smallest absolute Gasteiger partial charge is 0.137 e. The van der Waals surface area contributed by atoms with Crippen molar-refractivity contribution in [3.05, 3.63) is 150 Å². The van der Waals surface area contributed by atoms with E-state index in [1.165, 1.54) is 11.1 Å². The van der Waals surface area contributed by atoms with E-state index in [-0.39, 0.29) is 0 Å². The first kappa shape index (κ1) is 26.5. The Bertz CT molecular complexity index is 2170. The summed E-state index contributed by atoms with van der Waals surface area (Å²) in [6, 6.07) is 40.2. The molecule has 0 fully saturated rings. The molecule has 0 N–H and O–H groups in total. The Morgan fingerprint density at radius 2 is 1.48 bits per heavy atom. The molecule has 44 heavy (non-hydrogen) atoms. The van der Waals surface area contributed by atoms with Crippen LogP contribution < -0.4 is 9.04 Å². The lowest BCUT2D eigenvalue weighted by molar-refractivity contribution is 0.416. The minimum atomic E-state index is -0.490. The Balaban J connectivity index is 1.16. The monoisotopic (exact) mass is 590 g/mol. The highest BCUT2D eigenvalue weighted by Gasteiger charge is 2.23. The standard InChI is InChI=1S/C39H30N2O2S/c1-42-37-16-7-5-14-33(37)28-18-20-29(21-19-28)36-26-44(40-36)41(31-13-9-12-30(24-31)27-10-3-2-4-11-27)32-22-23-35-34-15-6-8-17-38(34)43-39(35)25-32/h3,5-26H,2,4H2,1H3. The van der Waals surface area contributed by atoms with Crippen LogP contribution in [0.5, 0.6) is 5.75 Å². The zero-order valence-corrected chi connectivity index (χ0v) is 25.1. The molecule has 1 unspecified atom stereocenters. The predicted molar refractivity (Wildman–Crippen MR) is 185 cm³/mol. The number of allylic oxidation sites excluding steroid dienone is 4. The van der Waals surface area contributed by atoms with Crippen LogP contribution in [-0.4, -0.2) is 7.11 Å². The van der Waals surface area contributed by atoms with Gasteiger partial charge < -0.3 is 9.15 Å². The Hall–Kier alpha value is -5.13. The maximum Gasteiger partial charge on any atom is 0.137 e. The fraction of sp³-hybridized carbons (Fsp3) is 0.0769. The summed E-state index contributed by atoms with van der Waals surface area (Å²) >= 11 is 0. The second-order valence-corrected chi connectivity index (χ2v) is 12.3. The zero-order valence-electron chi connectivity index (χ0n) is 24.3. The predicted octanol–water partition coefficient (Wildman–Crippen LogP) is 10.9. The van der Waals surface area contributed by atoms with Crippen LogP contribution in [0.15, 0.2) is 148 Å². The summed E-state index contributed by atoms with van der Waals surface area (Å²) in [6.07, 6.45) is 8.99. The zero-order chi connectivity index (χ0) is 29.5. The minimum Gasteiger partial charge on any atom is -0.496 e. The number of fused-ring (bicyclic) bond motifs is 3. The summed E-state index contributed by atoms with van der Waals surface area (Å²) in [7, 11) is 1.22. The fourth-order valence-electron chi connectivity index (χ4n) is 5.96. The van der Waals surface area contributed by atoms with Gasteiger partial charge in [0, 0.05) is 44.3 Å². The maximum absolute atomic E-state index is 6.29. The largest absolute Gasteiger partial charge is 0.496 e. The van der Waals surface area contributed by atoms with E-state index in [1.807, 2.05) is 30.3 Å². The molecule has 2 heterocycles. The van der Waals surface area contributed by atoms with Crippen LogP contribution in [0.2, 0.25) is 0 Å². The van der Waals surface area contributed by atoms with Crippen molar-refractivity contribution in [2.24, 2.45) is 4.36 Å². The number of para-hydroxylation sites is 2. The van der Waals surface area contributed by atoms with Crippen molar-refractivity contribution >= 4 is 55.5 Å². The number of methoxy groups -OCH3 is 1. The van der Waals surface area contributed by atoms with E-state index < -0.39 is 10.9 Å². The number of hydrogen-bond donors (Lipinski definition) is 0. The third kappa shape index (κ3) is 4.76. The molecule has 214 valence electrons. The molecule has 0 amide bonds. The van der Waals surface area contributed by atoms with Crippen LogP contribution in [-0.2, 0) is 10.9 Å². The Kier molecular flexibility index (Phi) is 6.73. The van der Waals surface area contributed by atoms with Crippen molar-refractivity contribution in [3.63, 3.8) is 0 Å². The second kappa shape index (κ2) is 11.2. The number of rotatable bonds is 7. The van der Waals surface area contributed by atoms with E-state index in [0.717, 1.165) is 74.3 Å². The third-order valence-corrected chi connectivity index (χ3v) is 9.81. The lowest BCUT2D eigenvalue weighted by atomic mass is 9.99. The van der Waals surface area contributed by atoms with Crippen LogP contribution in [0.25, 0.3) is 44.3 Å². The Labute approximate surface area is 259 Å². The molecule has 0 radical (unpaired) electrons. The van der Waals surface area contributed by atoms with E-state index in [9.17, 15) is 0 Å². The van der Waals surface area contributed by atoms with E-state index in [0.29, 0.717) is 0 Å². The molecule has 1 atom stereocenters. The first-order valence-corrected chi connectivity index (χ1v) is 16.0. The van der Waals surface area contributed by atoms with Gasteiger partial charge in [0.15, 0.2) is 0 Å². The number of furan rings is 1. The number of benzene rings is 5. The maximum atomic E-state index is 6.29. The van der Waals surface area contributed by atoms with Crippen molar-refractivity contribution < 1.29 is 9.15 Å². The van der Waals surface area contributed by atoms with Gasteiger partial charge in [-0.15, -0.1) is 0 Å². The van der Waals surface area contributed by atoms with Crippen molar-refractivity contribution in [2.45, 2.75) is 12.8 Å². The Morgan fingerprint density at radius 1 is 0.705 bits per heavy atom. The average Bonchev–Trinajstić information content (AvgIpc) is 3.44. The van der Waals surface area contributed by atoms with E-state index >= 15 is 0 Å². The van der Waals surface area contributed by atoms with Gasteiger partial charge >= 0.3 is 0 Å². The molecule has 5 aromatic carbocycles. The highest BCUT2D eigenvalue weighted by molar-refractivity contribution is 7.93. The normalized spacial score (nSPS) is 15.8. The van der Waals surface area contributed by atoms with Gasteiger partial charge in [-0.3, -0.25) is 4.31 Å². The average molecular weight is 591 g/mol. The topological polar surface area (TPSA) is 38.0 Å². The van der Waals surface area contributed by atoms with Crippen LogP contribution in [0, 0.1) is 0 Å². The summed E-state index contributed by atoms with van der Waals surface area (Å²) in [5.74, 6) is 0.869. The Morgan fingerprint density at radius 3 is 2.32 bits per heavy atom. The number of hydrogen-bond acceptors (Lipinski definition) is 4. The molecule has 0 spiro atoms. The van der Waals surface area contributed by atoms with Gasteiger partial charge in [0.25, 0.3) is 0 Å². The molecule has 0 bridgehead atoms. The molecule has 2 aliphatic rings. The summed E-state index contributed by atoms with van der Waals surface area (Å²) in [5, 5.41) is 4.52. The molecule has 1 aliphatic carbocycles. The number of ether oxygens (including phenoxy) is 1. The molecule has 0 saturated heterocycles. The van der Waals surface area contributed by atoms with Crippen molar-refractivity contribution in [1.82, 2.24) is 0 Å². The molecular weight excluding hydrogens is 561 g/mol. The van der Waals surface area contributed by atoms with Gasteiger partial charge in [-0.05, 0) is 65.9 Å². The lowest BCUT2D eigenvalue weighted by Crippen LogP contribution is -2.21. The van der Waals surface area contributed by atoms with E-state index in [1.54, 1.807) is 7.11 Å². The quantitative estimate of drug-likeness (QED) is 0.186. The summed E-state index contributed by atoms with van der Waals surface area (Å²) in [6.45, 7) is 0. The molecule has 1 aliphatic heterocycles. The summed E-state index contributed by atoms with van der Waals surface area (Å²) < 4.78 is 19.4. The molecule has 0 saturated carbocycles. The fourth-order valence-corrected chi connectivity index (χ4v) is 7.45. The van der Waals surface area contributed by atoms with Crippen LogP contribution in [0.4, 0.5) is 11.4 Å². The summed E-state index contributed by atoms with van der Waals surface area (Å²) in [5.41, 5.74) is 10.7. The van der Waals surface area contributed by atoms with Crippen molar-refractivity contribution in [3.8, 4) is 16.9 Å². The first-order valence-electron chi connectivity index (χ1n) is 14.8. The molecule has 1 aromatic heterocycles. The van der Waals surface area contributed by atoms with Gasteiger partial charge in [-0.1, -0.05) is 91.0 Å². The number of anilines is 2. The summed E-state index contributed by atoms with van der Waals surface area (Å²) in [4.78, 5) is 0. The van der Waals surface area contributed by atoms with Gasteiger partial charge in [-0.25, -0.2) is 4.36 Å². The highest BCUT2D eigenvalue weighted by Crippen LogP contribution is 2.40. The van der Waals surface area contributed by atoms with Crippen molar-refractivity contribution in [1.29, 1.82) is 0 Å². The van der Waals surface area contributed by atoms with Crippen LogP contribution in [0.3, 0.4) is 0 Å². The molecule has 6 aromatic rings. The second-order valence-electron chi connectivity index (χ2n) is 10.9. The van der Waals surface area contributed by atoms with Crippen LogP contribution >= 0.6 is 0 Å². The third-order valence-electron chi connectivity index (χ3n) is 8.20. The van der Waals surface area contributed by atoms with E-state index in [4.69, 9.17) is 13.5 Å². The molecular formula is C39H30N2O2S. The van der Waals surface area contributed by atoms with Gasteiger partial charge in [0.2, 0.25) is 0 Å². The lowest BCUT2D eigenvalue weighted by Gasteiger charge is -2.30.